The van der Waals surface area contributed by atoms with Crippen LogP contribution >= 0.6 is 0 Å². The summed E-state index contributed by atoms with van der Waals surface area (Å²) in [7, 11) is 1.73. The SMILES string of the molecule is C=CN1C(=C)/C(=C\C)CCCN(C)C(=O)C2CC(CN2C(=O)OC(C)(C)C)N(C(=O)OC(C)(C)C)c2cccc1n2. The van der Waals surface area contributed by atoms with Crippen LogP contribution in [0.5, 0.6) is 0 Å². The Labute approximate surface area is 244 Å². The lowest BCUT2D eigenvalue weighted by Crippen LogP contribution is -2.48. The number of rotatable bonds is 1. The van der Waals surface area contributed by atoms with E-state index >= 15 is 0 Å². The molecule has 1 saturated heterocycles. The van der Waals surface area contributed by atoms with E-state index < -0.39 is 35.5 Å². The summed E-state index contributed by atoms with van der Waals surface area (Å²) in [6, 6.07) is 3.91. The van der Waals surface area contributed by atoms with E-state index in [1.165, 1.54) is 9.80 Å². The molecule has 1 fully saturated rings. The van der Waals surface area contributed by atoms with Gasteiger partial charge < -0.3 is 19.3 Å². The quantitative estimate of drug-likeness (QED) is 0.419. The highest BCUT2D eigenvalue weighted by atomic mass is 16.6. The zero-order valence-corrected chi connectivity index (χ0v) is 25.8. The summed E-state index contributed by atoms with van der Waals surface area (Å²) in [5.74, 6) is 0.633. The lowest BCUT2D eigenvalue weighted by Gasteiger charge is -2.32. The molecule has 4 bridgehead atoms. The minimum Gasteiger partial charge on any atom is -0.444 e. The molecule has 0 aliphatic carbocycles. The van der Waals surface area contributed by atoms with Crippen molar-refractivity contribution in [2.75, 3.05) is 29.9 Å². The highest BCUT2D eigenvalue weighted by Gasteiger charge is 2.47. The fourth-order valence-corrected chi connectivity index (χ4v) is 5.00. The molecule has 10 nitrogen and oxygen atoms in total. The number of nitrogens with zero attached hydrogens (tertiary/aromatic N) is 5. The third kappa shape index (κ3) is 7.68. The number of amides is 3. The molecule has 10 heteroatoms. The van der Waals surface area contributed by atoms with Crippen molar-refractivity contribution in [3.63, 3.8) is 0 Å². The van der Waals surface area contributed by atoms with Gasteiger partial charge in [0.15, 0.2) is 0 Å². The Morgan fingerprint density at radius 1 is 1.05 bits per heavy atom. The van der Waals surface area contributed by atoms with Crippen molar-refractivity contribution in [2.24, 2.45) is 0 Å². The summed E-state index contributed by atoms with van der Waals surface area (Å²) in [5, 5.41) is 0. The second-order valence-electron chi connectivity index (χ2n) is 12.4. The minimum absolute atomic E-state index is 0.0743. The van der Waals surface area contributed by atoms with Gasteiger partial charge in [0.2, 0.25) is 5.91 Å². The van der Waals surface area contributed by atoms with Crippen LogP contribution in [-0.4, -0.2) is 76.3 Å². The Bertz CT molecular complexity index is 1210. The van der Waals surface area contributed by atoms with Crippen LogP contribution in [-0.2, 0) is 14.3 Å². The van der Waals surface area contributed by atoms with E-state index in [1.807, 2.05) is 19.1 Å². The fourth-order valence-electron chi connectivity index (χ4n) is 5.00. The second-order valence-corrected chi connectivity index (χ2v) is 12.4. The molecule has 2 aliphatic rings. The van der Waals surface area contributed by atoms with Crippen molar-refractivity contribution in [1.29, 1.82) is 0 Å². The normalized spacial score (nSPS) is 21.9. The molecular weight excluding hydrogens is 522 g/mol. The summed E-state index contributed by atoms with van der Waals surface area (Å²) < 4.78 is 11.5. The van der Waals surface area contributed by atoms with Crippen molar-refractivity contribution < 1.29 is 23.9 Å². The number of fused-ring (bicyclic) bond motifs is 4. The van der Waals surface area contributed by atoms with E-state index in [9.17, 15) is 14.4 Å². The molecule has 0 aromatic carbocycles. The number of aromatic nitrogens is 1. The van der Waals surface area contributed by atoms with E-state index in [4.69, 9.17) is 14.5 Å². The molecular formula is C31H45N5O5. The number of anilines is 2. The number of likely N-dealkylation sites (tertiary alicyclic amines) is 1. The van der Waals surface area contributed by atoms with Gasteiger partial charge >= 0.3 is 12.2 Å². The summed E-state index contributed by atoms with van der Waals surface area (Å²) in [6.45, 7) is 21.5. The van der Waals surface area contributed by atoms with E-state index in [2.05, 4.69) is 13.2 Å². The van der Waals surface area contributed by atoms with E-state index in [1.54, 1.807) is 76.7 Å². The van der Waals surface area contributed by atoms with Crippen LogP contribution in [0.3, 0.4) is 0 Å². The first-order valence-electron chi connectivity index (χ1n) is 14.1. The van der Waals surface area contributed by atoms with Crippen molar-refractivity contribution in [3.8, 4) is 0 Å². The van der Waals surface area contributed by atoms with Crippen molar-refractivity contribution in [2.45, 2.75) is 91.0 Å². The molecule has 3 amide bonds. The van der Waals surface area contributed by atoms with Gasteiger partial charge in [-0.3, -0.25) is 14.6 Å². The van der Waals surface area contributed by atoms with Crippen molar-refractivity contribution in [3.05, 3.63) is 54.9 Å². The minimum atomic E-state index is -0.820. The summed E-state index contributed by atoms with van der Waals surface area (Å²) >= 11 is 0. The monoisotopic (exact) mass is 567 g/mol. The maximum atomic E-state index is 13.8. The van der Waals surface area contributed by atoms with Crippen LogP contribution in [0.15, 0.2) is 54.9 Å². The predicted molar refractivity (Wildman–Crippen MR) is 161 cm³/mol. The Morgan fingerprint density at radius 3 is 2.24 bits per heavy atom. The van der Waals surface area contributed by atoms with Crippen LogP contribution < -0.4 is 9.80 Å². The number of allylic oxidation sites excluding steroid dienone is 2. The first kappa shape index (κ1) is 31.7. The smallest absolute Gasteiger partial charge is 0.416 e. The van der Waals surface area contributed by atoms with Gasteiger partial charge in [0, 0.05) is 32.0 Å². The fraction of sp³-hybridized carbons (Fsp3) is 0.548. The maximum absolute atomic E-state index is 13.8. The first-order chi connectivity index (χ1) is 19.1. The summed E-state index contributed by atoms with van der Waals surface area (Å²) in [5.41, 5.74) is 0.143. The standard InChI is InChI=1S/C31H45N5O5/c1-11-22-15-14-18-33(10)27(37)24-19-23(20-35(24)28(38)40-30(4,5)6)36(29(39)41-31(7,8)9)26-17-13-16-25(32-26)34(12-2)21(22)3/h11-13,16-17,23-24H,2-3,14-15,18-20H2,1,4-10H3/b22-11-. The van der Waals surface area contributed by atoms with Crippen LogP contribution in [0, 0.1) is 0 Å². The zero-order valence-electron chi connectivity index (χ0n) is 25.8. The number of likely N-dealkylation sites (N-methyl/N-ethyl adjacent to an activating group) is 1. The van der Waals surface area contributed by atoms with Crippen LogP contribution in [0.1, 0.15) is 67.7 Å². The number of carbonyl (C=O) groups excluding carboxylic acids is 3. The lowest BCUT2D eigenvalue weighted by molar-refractivity contribution is -0.134. The van der Waals surface area contributed by atoms with Gasteiger partial charge in [0.25, 0.3) is 0 Å². The molecule has 0 saturated carbocycles. The van der Waals surface area contributed by atoms with Crippen molar-refractivity contribution in [1.82, 2.24) is 14.8 Å². The maximum Gasteiger partial charge on any atom is 0.416 e. The largest absolute Gasteiger partial charge is 0.444 e. The van der Waals surface area contributed by atoms with Gasteiger partial charge in [-0.2, -0.15) is 0 Å². The number of carbonyl (C=O) groups is 3. The van der Waals surface area contributed by atoms with Gasteiger partial charge in [0.1, 0.15) is 28.9 Å². The van der Waals surface area contributed by atoms with Gasteiger partial charge in [-0.05, 0) is 85.4 Å². The van der Waals surface area contributed by atoms with Gasteiger partial charge in [-0.1, -0.05) is 25.3 Å². The van der Waals surface area contributed by atoms with Crippen LogP contribution in [0.25, 0.3) is 0 Å². The molecule has 0 radical (unpaired) electrons. The van der Waals surface area contributed by atoms with Crippen LogP contribution in [0.2, 0.25) is 0 Å². The number of hydrogen-bond donors (Lipinski definition) is 0. The average Bonchev–Trinajstić information content (AvgIpc) is 3.29. The molecule has 2 aliphatic heterocycles. The Morgan fingerprint density at radius 2 is 1.66 bits per heavy atom. The number of ether oxygens (including phenoxy) is 2. The van der Waals surface area contributed by atoms with E-state index in [-0.39, 0.29) is 18.9 Å². The molecule has 3 heterocycles. The van der Waals surface area contributed by atoms with Crippen LogP contribution in [0.4, 0.5) is 21.2 Å². The highest BCUT2D eigenvalue weighted by molar-refractivity contribution is 5.90. The zero-order chi connectivity index (χ0) is 30.7. The molecule has 3 rings (SSSR count). The Kier molecular flexibility index (Phi) is 9.56. The molecule has 0 spiro atoms. The van der Waals surface area contributed by atoms with E-state index in [0.717, 1.165) is 5.57 Å². The van der Waals surface area contributed by atoms with Crippen molar-refractivity contribution >= 4 is 29.7 Å². The topological polar surface area (TPSA) is 95.5 Å². The third-order valence-corrected chi connectivity index (χ3v) is 6.87. The Balaban J connectivity index is 2.18. The molecule has 41 heavy (non-hydrogen) atoms. The first-order valence-corrected chi connectivity index (χ1v) is 14.1. The molecule has 224 valence electrons. The molecule has 2 atom stereocenters. The molecule has 1 aromatic heterocycles. The number of pyridine rings is 1. The number of hydrogen-bond acceptors (Lipinski definition) is 7. The van der Waals surface area contributed by atoms with Gasteiger partial charge in [-0.25, -0.2) is 14.6 Å². The third-order valence-electron chi connectivity index (χ3n) is 6.87. The molecule has 2 unspecified atom stereocenters. The van der Waals surface area contributed by atoms with Gasteiger partial charge in [-0.15, -0.1) is 0 Å². The highest BCUT2D eigenvalue weighted by Crippen LogP contribution is 2.33. The lowest BCUT2D eigenvalue weighted by atomic mass is 10.1. The Hall–Kier alpha value is -3.82. The summed E-state index contributed by atoms with van der Waals surface area (Å²) in [4.78, 5) is 52.0. The summed E-state index contributed by atoms with van der Waals surface area (Å²) in [6.07, 6.45) is 3.95. The second kappa shape index (κ2) is 12.4. The molecule has 0 N–H and O–H groups in total. The van der Waals surface area contributed by atoms with Gasteiger partial charge in [0.05, 0.1) is 6.04 Å². The predicted octanol–water partition coefficient (Wildman–Crippen LogP) is 5.86. The molecule has 1 aromatic rings. The average molecular weight is 568 g/mol. The van der Waals surface area contributed by atoms with E-state index in [0.29, 0.717) is 36.7 Å².